The van der Waals surface area contributed by atoms with Gasteiger partial charge < -0.3 is 10.6 Å². The largest absolute Gasteiger partial charge is 0.326 e. The van der Waals surface area contributed by atoms with Crippen LogP contribution in [-0.4, -0.2) is 28.5 Å². The normalized spacial score (nSPS) is 14.0. The molecule has 4 rings (SSSR count). The van der Waals surface area contributed by atoms with Gasteiger partial charge in [-0.25, -0.2) is 0 Å². The Morgan fingerprint density at radius 3 is 2.71 bits per heavy atom. The summed E-state index contributed by atoms with van der Waals surface area (Å²) in [5.74, 6) is -0.285. The summed E-state index contributed by atoms with van der Waals surface area (Å²) in [6, 6.07) is 20.1. The Bertz CT molecular complexity index is 1230. The Morgan fingerprint density at radius 2 is 1.97 bits per heavy atom. The minimum absolute atomic E-state index is 0.138. The first-order valence-corrected chi connectivity index (χ1v) is 12.8. The molecular formula is C26H26N4O2S2. The van der Waals surface area contributed by atoms with Gasteiger partial charge in [-0.2, -0.15) is 5.26 Å². The Kier molecular flexibility index (Phi) is 7.68. The Labute approximate surface area is 208 Å². The maximum atomic E-state index is 13.0. The average Bonchev–Trinajstić information content (AvgIpc) is 3.15. The molecular weight excluding hydrogens is 464 g/mol. The minimum Gasteiger partial charge on any atom is -0.326 e. The Morgan fingerprint density at radius 1 is 1.18 bits per heavy atom. The van der Waals surface area contributed by atoms with Gasteiger partial charge in [0, 0.05) is 42.0 Å². The van der Waals surface area contributed by atoms with Crippen LogP contribution in [0.2, 0.25) is 0 Å². The van der Waals surface area contributed by atoms with Gasteiger partial charge in [0.25, 0.3) is 0 Å². The number of carbonyl (C=O) groups is 2. The van der Waals surface area contributed by atoms with E-state index in [4.69, 9.17) is 0 Å². The van der Waals surface area contributed by atoms with E-state index in [-0.39, 0.29) is 17.1 Å². The topological polar surface area (TPSA) is 85.2 Å². The lowest BCUT2D eigenvalue weighted by molar-refractivity contribution is -0.115. The van der Waals surface area contributed by atoms with Crippen molar-refractivity contribution in [1.29, 1.82) is 5.26 Å². The van der Waals surface area contributed by atoms with E-state index in [9.17, 15) is 14.9 Å². The molecule has 2 aromatic carbocycles. The molecule has 0 bridgehead atoms. The molecule has 34 heavy (non-hydrogen) atoms. The molecule has 0 radical (unpaired) electrons. The first-order chi connectivity index (χ1) is 16.4. The van der Waals surface area contributed by atoms with Crippen LogP contribution in [0, 0.1) is 11.3 Å². The van der Waals surface area contributed by atoms with Crippen molar-refractivity contribution in [3.05, 3.63) is 76.2 Å². The van der Waals surface area contributed by atoms with Crippen molar-refractivity contribution in [2.45, 2.75) is 43.5 Å². The van der Waals surface area contributed by atoms with Gasteiger partial charge in [-0.05, 0) is 42.7 Å². The van der Waals surface area contributed by atoms with E-state index >= 15 is 0 Å². The van der Waals surface area contributed by atoms with Crippen LogP contribution in [0.3, 0.4) is 0 Å². The zero-order chi connectivity index (χ0) is 24.1. The number of nitrogens with one attached hydrogen (secondary N) is 2. The summed E-state index contributed by atoms with van der Waals surface area (Å²) in [6.07, 6.45) is 0.803. The van der Waals surface area contributed by atoms with Crippen molar-refractivity contribution in [3.8, 4) is 6.07 Å². The molecule has 8 heteroatoms. The van der Waals surface area contributed by atoms with Crippen molar-refractivity contribution in [2.75, 3.05) is 17.2 Å². The summed E-state index contributed by atoms with van der Waals surface area (Å²) in [5.41, 5.74) is 3.63. The number of benzene rings is 2. The number of nitrogens with zero attached hydrogens (tertiary/aromatic N) is 2. The molecule has 0 saturated heterocycles. The maximum Gasteiger partial charge on any atom is 0.238 e. The number of hydrogen-bond acceptors (Lipinski definition) is 6. The van der Waals surface area contributed by atoms with Crippen LogP contribution in [0.1, 0.15) is 35.4 Å². The van der Waals surface area contributed by atoms with E-state index in [0.29, 0.717) is 16.3 Å². The van der Waals surface area contributed by atoms with Gasteiger partial charge in [0.2, 0.25) is 11.8 Å². The zero-order valence-corrected chi connectivity index (χ0v) is 20.8. The predicted molar refractivity (Wildman–Crippen MR) is 138 cm³/mol. The van der Waals surface area contributed by atoms with Crippen LogP contribution in [0.5, 0.6) is 0 Å². The molecule has 1 unspecified atom stereocenters. The molecule has 1 aliphatic rings. The standard InChI is InChI=1S/C26H26N4O2S2/c1-17(33-21-10-6-9-20(13-21)28-18(2)31)25(32)29-26-23(14-27)22-11-12-30(16-24(22)34-26)15-19-7-4-3-5-8-19/h3-10,13,17H,11-12,15-16H2,1-2H3,(H,28,31)(H,29,32). The highest BCUT2D eigenvalue weighted by atomic mass is 32.2. The quantitative estimate of drug-likeness (QED) is 0.442. The second kappa shape index (κ2) is 10.9. The molecule has 3 aromatic rings. The van der Waals surface area contributed by atoms with E-state index < -0.39 is 0 Å². The molecule has 0 aliphatic carbocycles. The molecule has 1 aliphatic heterocycles. The van der Waals surface area contributed by atoms with Crippen LogP contribution in [0.4, 0.5) is 10.7 Å². The second-order valence-corrected chi connectivity index (χ2v) is 10.7. The van der Waals surface area contributed by atoms with E-state index in [1.165, 1.54) is 35.6 Å². The second-order valence-electron chi connectivity index (χ2n) is 8.22. The molecule has 0 spiro atoms. The summed E-state index contributed by atoms with van der Waals surface area (Å²) in [4.78, 5) is 28.7. The van der Waals surface area contributed by atoms with Crippen molar-refractivity contribution in [2.24, 2.45) is 0 Å². The minimum atomic E-state index is -0.368. The molecule has 0 saturated carbocycles. The fourth-order valence-electron chi connectivity index (χ4n) is 3.96. The van der Waals surface area contributed by atoms with Gasteiger partial charge in [-0.15, -0.1) is 23.1 Å². The van der Waals surface area contributed by atoms with Crippen molar-refractivity contribution in [3.63, 3.8) is 0 Å². The molecule has 174 valence electrons. The average molecular weight is 491 g/mol. The third-order valence-corrected chi connectivity index (χ3v) is 7.80. The number of thioether (sulfide) groups is 1. The molecule has 2 N–H and O–H groups in total. The molecule has 0 fully saturated rings. The smallest absolute Gasteiger partial charge is 0.238 e. The summed E-state index contributed by atoms with van der Waals surface area (Å²) >= 11 is 2.92. The first-order valence-electron chi connectivity index (χ1n) is 11.1. The van der Waals surface area contributed by atoms with Gasteiger partial charge in [-0.3, -0.25) is 14.5 Å². The summed E-state index contributed by atoms with van der Waals surface area (Å²) in [7, 11) is 0. The van der Waals surface area contributed by atoms with Crippen molar-refractivity contribution in [1.82, 2.24) is 4.90 Å². The highest BCUT2D eigenvalue weighted by Gasteiger charge is 2.26. The van der Waals surface area contributed by atoms with Crippen LogP contribution in [0.25, 0.3) is 0 Å². The van der Waals surface area contributed by atoms with Crippen LogP contribution >= 0.6 is 23.1 Å². The number of rotatable bonds is 7. The highest BCUT2D eigenvalue weighted by molar-refractivity contribution is 8.00. The summed E-state index contributed by atoms with van der Waals surface area (Å²) in [5, 5.41) is 15.8. The maximum absolute atomic E-state index is 13.0. The van der Waals surface area contributed by atoms with E-state index in [1.807, 2.05) is 49.4 Å². The number of anilines is 2. The monoisotopic (exact) mass is 490 g/mol. The number of amides is 2. The van der Waals surface area contributed by atoms with Crippen LogP contribution in [-0.2, 0) is 29.1 Å². The van der Waals surface area contributed by atoms with E-state index in [2.05, 4.69) is 33.7 Å². The third kappa shape index (κ3) is 5.86. The van der Waals surface area contributed by atoms with Gasteiger partial charge in [0.05, 0.1) is 10.8 Å². The fraction of sp³-hybridized carbons (Fsp3) is 0.269. The highest BCUT2D eigenvalue weighted by Crippen LogP contribution is 2.37. The van der Waals surface area contributed by atoms with Crippen LogP contribution < -0.4 is 10.6 Å². The lowest BCUT2D eigenvalue weighted by atomic mass is 10.0. The summed E-state index contributed by atoms with van der Waals surface area (Å²) < 4.78 is 0. The Balaban J connectivity index is 1.42. The van der Waals surface area contributed by atoms with Gasteiger partial charge in [-0.1, -0.05) is 36.4 Å². The number of nitriles is 1. The first kappa shape index (κ1) is 24.0. The third-order valence-electron chi connectivity index (χ3n) is 5.57. The van der Waals surface area contributed by atoms with E-state index in [1.54, 1.807) is 0 Å². The summed E-state index contributed by atoms with van der Waals surface area (Å²) in [6.45, 7) is 5.83. The number of fused-ring (bicyclic) bond motifs is 1. The number of thiophene rings is 1. The van der Waals surface area contributed by atoms with Gasteiger partial charge in [0.1, 0.15) is 11.1 Å². The Hall–Kier alpha value is -3.12. The molecule has 1 atom stereocenters. The van der Waals surface area contributed by atoms with E-state index in [0.717, 1.165) is 41.4 Å². The molecule has 2 heterocycles. The van der Waals surface area contributed by atoms with Crippen LogP contribution in [0.15, 0.2) is 59.5 Å². The van der Waals surface area contributed by atoms with Crippen molar-refractivity contribution >= 4 is 45.6 Å². The molecule has 6 nitrogen and oxygen atoms in total. The molecule has 1 aromatic heterocycles. The van der Waals surface area contributed by atoms with Crippen molar-refractivity contribution < 1.29 is 9.59 Å². The lowest BCUT2D eigenvalue weighted by Gasteiger charge is -2.26. The lowest BCUT2D eigenvalue weighted by Crippen LogP contribution is -2.29. The molecule has 2 amide bonds. The fourth-order valence-corrected chi connectivity index (χ4v) is 6.13. The number of hydrogen-bond donors (Lipinski definition) is 2. The number of carbonyl (C=O) groups excluding carboxylic acids is 2. The predicted octanol–water partition coefficient (Wildman–Crippen LogP) is 5.26. The SMILES string of the molecule is CC(=O)Nc1cccc(SC(C)C(=O)Nc2sc3c(c2C#N)CCN(Cc2ccccc2)C3)c1. The van der Waals surface area contributed by atoms with Gasteiger partial charge in [0.15, 0.2) is 0 Å². The zero-order valence-electron chi connectivity index (χ0n) is 19.1. The van der Waals surface area contributed by atoms with Gasteiger partial charge >= 0.3 is 0 Å².